The van der Waals surface area contributed by atoms with E-state index in [0.717, 1.165) is 9.35 Å². The fourth-order valence-electron chi connectivity index (χ4n) is 1.10. The summed E-state index contributed by atoms with van der Waals surface area (Å²) in [7, 11) is -3.54. The highest BCUT2D eigenvalue weighted by molar-refractivity contribution is 9.10. The highest BCUT2D eigenvalue weighted by Gasteiger charge is 2.23. The Morgan fingerprint density at radius 3 is 2.81 bits per heavy atom. The SMILES string of the molecule is CCC(C#N)S(=O)(=O)NCc1sccc1Br. The summed E-state index contributed by atoms with van der Waals surface area (Å²) in [5.74, 6) is 0. The molecule has 4 nitrogen and oxygen atoms in total. The number of nitriles is 1. The van der Waals surface area contributed by atoms with Crippen molar-refractivity contribution in [2.45, 2.75) is 25.1 Å². The lowest BCUT2D eigenvalue weighted by atomic mass is 10.4. The molecule has 1 rings (SSSR count). The predicted molar refractivity (Wildman–Crippen MR) is 67.5 cm³/mol. The highest BCUT2D eigenvalue weighted by Crippen LogP contribution is 2.22. The molecule has 0 bridgehead atoms. The predicted octanol–water partition coefficient (Wildman–Crippen LogP) is 2.23. The van der Waals surface area contributed by atoms with Crippen LogP contribution in [0.4, 0.5) is 0 Å². The molecule has 0 amide bonds. The van der Waals surface area contributed by atoms with Gasteiger partial charge in [0, 0.05) is 15.9 Å². The van der Waals surface area contributed by atoms with Crippen LogP contribution in [0, 0.1) is 11.3 Å². The summed E-state index contributed by atoms with van der Waals surface area (Å²) in [6.45, 7) is 1.90. The standard InChI is InChI=1S/C9H11BrN2O2S2/c1-2-7(5-11)16(13,14)12-6-9-8(10)3-4-15-9/h3-4,7,12H,2,6H2,1H3. The Labute approximate surface area is 107 Å². The van der Waals surface area contributed by atoms with Gasteiger partial charge >= 0.3 is 0 Å². The molecule has 0 aliphatic carbocycles. The maximum atomic E-state index is 11.7. The van der Waals surface area contributed by atoms with Gasteiger partial charge in [0.25, 0.3) is 0 Å². The molecule has 1 aromatic heterocycles. The van der Waals surface area contributed by atoms with Crippen LogP contribution < -0.4 is 4.72 Å². The maximum Gasteiger partial charge on any atom is 0.228 e. The van der Waals surface area contributed by atoms with E-state index in [2.05, 4.69) is 20.7 Å². The summed E-state index contributed by atoms with van der Waals surface area (Å²) in [5, 5.41) is 9.59. The molecule has 0 aromatic carbocycles. The number of hydrogen-bond donors (Lipinski definition) is 1. The van der Waals surface area contributed by atoms with E-state index in [-0.39, 0.29) is 13.0 Å². The maximum absolute atomic E-state index is 11.7. The molecule has 1 heterocycles. The van der Waals surface area contributed by atoms with Crippen molar-refractivity contribution in [3.8, 4) is 6.07 Å². The van der Waals surface area contributed by atoms with E-state index in [1.54, 1.807) is 13.0 Å². The van der Waals surface area contributed by atoms with Gasteiger partial charge in [-0.2, -0.15) is 5.26 Å². The van der Waals surface area contributed by atoms with Crippen molar-refractivity contribution in [2.24, 2.45) is 0 Å². The smallest absolute Gasteiger partial charge is 0.211 e. The Bertz CT molecular complexity index is 490. The summed E-state index contributed by atoms with van der Waals surface area (Å²) in [5.41, 5.74) is 0. The van der Waals surface area contributed by atoms with Gasteiger partial charge in [0.2, 0.25) is 10.0 Å². The van der Waals surface area contributed by atoms with Gasteiger partial charge in [-0.15, -0.1) is 11.3 Å². The molecule has 0 radical (unpaired) electrons. The van der Waals surface area contributed by atoms with E-state index in [0.29, 0.717) is 0 Å². The normalized spacial score (nSPS) is 13.3. The van der Waals surface area contributed by atoms with Gasteiger partial charge in [-0.25, -0.2) is 13.1 Å². The Morgan fingerprint density at radius 1 is 1.69 bits per heavy atom. The van der Waals surface area contributed by atoms with Crippen LogP contribution in [0.2, 0.25) is 0 Å². The third kappa shape index (κ3) is 3.28. The zero-order valence-corrected chi connectivity index (χ0v) is 11.8. The third-order valence-corrected chi connectivity index (χ3v) is 5.68. The first-order chi connectivity index (χ1) is 7.51. The van der Waals surface area contributed by atoms with Crippen LogP contribution in [0.5, 0.6) is 0 Å². The molecule has 1 N–H and O–H groups in total. The van der Waals surface area contributed by atoms with E-state index < -0.39 is 15.3 Å². The average molecular weight is 323 g/mol. The largest absolute Gasteiger partial charge is 0.228 e. The average Bonchev–Trinajstić information content (AvgIpc) is 2.62. The molecule has 1 unspecified atom stereocenters. The van der Waals surface area contributed by atoms with Gasteiger partial charge in [0.15, 0.2) is 5.25 Å². The molecule has 1 atom stereocenters. The van der Waals surface area contributed by atoms with Crippen molar-refractivity contribution in [1.82, 2.24) is 4.72 Å². The van der Waals surface area contributed by atoms with Crippen molar-refractivity contribution in [3.63, 3.8) is 0 Å². The number of nitrogens with zero attached hydrogens (tertiary/aromatic N) is 1. The van der Waals surface area contributed by atoms with Crippen LogP contribution in [0.1, 0.15) is 18.2 Å². The first-order valence-electron chi connectivity index (χ1n) is 4.61. The van der Waals surface area contributed by atoms with E-state index in [9.17, 15) is 8.42 Å². The molecular weight excluding hydrogens is 312 g/mol. The Hall–Kier alpha value is -0.420. The van der Waals surface area contributed by atoms with Crippen LogP contribution >= 0.6 is 27.3 Å². The van der Waals surface area contributed by atoms with Crippen LogP contribution in [0.15, 0.2) is 15.9 Å². The summed E-state index contributed by atoms with van der Waals surface area (Å²) in [6.07, 6.45) is 0.289. The lowest BCUT2D eigenvalue weighted by Gasteiger charge is -2.09. The lowest BCUT2D eigenvalue weighted by molar-refractivity contribution is 0.572. The topological polar surface area (TPSA) is 70.0 Å². The summed E-state index contributed by atoms with van der Waals surface area (Å²) >= 11 is 4.78. The fourth-order valence-corrected chi connectivity index (χ4v) is 3.75. The van der Waals surface area contributed by atoms with E-state index in [4.69, 9.17) is 5.26 Å². The molecule has 16 heavy (non-hydrogen) atoms. The second-order valence-electron chi connectivity index (χ2n) is 3.08. The quantitative estimate of drug-likeness (QED) is 0.903. The number of rotatable bonds is 5. The summed E-state index contributed by atoms with van der Waals surface area (Å²) in [6, 6.07) is 3.63. The Kier molecular flexibility index (Phi) is 4.92. The van der Waals surface area contributed by atoms with Crippen molar-refractivity contribution in [3.05, 3.63) is 20.8 Å². The number of halogens is 1. The van der Waals surface area contributed by atoms with Gasteiger partial charge in [-0.3, -0.25) is 0 Å². The zero-order valence-electron chi connectivity index (χ0n) is 8.60. The lowest BCUT2D eigenvalue weighted by Crippen LogP contribution is -2.32. The van der Waals surface area contributed by atoms with Gasteiger partial charge in [-0.05, 0) is 33.8 Å². The zero-order chi connectivity index (χ0) is 12.2. The Morgan fingerprint density at radius 2 is 2.38 bits per heavy atom. The van der Waals surface area contributed by atoms with Crippen LogP contribution in [0.3, 0.4) is 0 Å². The molecule has 88 valence electrons. The molecule has 0 fully saturated rings. The number of thiophene rings is 1. The van der Waals surface area contributed by atoms with Gasteiger partial charge < -0.3 is 0 Å². The molecule has 0 aliphatic heterocycles. The third-order valence-electron chi connectivity index (χ3n) is 2.01. The summed E-state index contributed by atoms with van der Waals surface area (Å²) in [4.78, 5) is 0.899. The minimum atomic E-state index is -3.54. The first kappa shape index (κ1) is 13.6. The van der Waals surface area contributed by atoms with Gasteiger partial charge in [-0.1, -0.05) is 6.92 Å². The van der Waals surface area contributed by atoms with Gasteiger partial charge in [0.05, 0.1) is 6.07 Å². The van der Waals surface area contributed by atoms with E-state index in [1.165, 1.54) is 11.3 Å². The highest BCUT2D eigenvalue weighted by atomic mass is 79.9. The Balaban J connectivity index is 2.69. The minimum Gasteiger partial charge on any atom is -0.211 e. The second kappa shape index (κ2) is 5.77. The second-order valence-corrected chi connectivity index (χ2v) is 6.89. The van der Waals surface area contributed by atoms with Crippen molar-refractivity contribution >= 4 is 37.3 Å². The molecule has 1 aromatic rings. The molecule has 0 spiro atoms. The van der Waals surface area contributed by atoms with E-state index in [1.807, 2.05) is 11.4 Å². The molecule has 0 saturated carbocycles. The number of sulfonamides is 1. The van der Waals surface area contributed by atoms with Crippen LogP contribution in [-0.4, -0.2) is 13.7 Å². The number of nitrogens with one attached hydrogen (secondary N) is 1. The fraction of sp³-hybridized carbons (Fsp3) is 0.444. The monoisotopic (exact) mass is 322 g/mol. The van der Waals surface area contributed by atoms with Crippen LogP contribution in [-0.2, 0) is 16.6 Å². The number of hydrogen-bond acceptors (Lipinski definition) is 4. The van der Waals surface area contributed by atoms with Crippen molar-refractivity contribution in [1.29, 1.82) is 5.26 Å². The van der Waals surface area contributed by atoms with E-state index >= 15 is 0 Å². The minimum absolute atomic E-state index is 0.221. The molecule has 7 heteroatoms. The molecule has 0 saturated heterocycles. The van der Waals surface area contributed by atoms with Crippen LogP contribution in [0.25, 0.3) is 0 Å². The first-order valence-corrected chi connectivity index (χ1v) is 7.83. The van der Waals surface area contributed by atoms with Crippen molar-refractivity contribution < 1.29 is 8.42 Å². The molecule has 0 aliphatic rings. The van der Waals surface area contributed by atoms with Crippen molar-refractivity contribution in [2.75, 3.05) is 0 Å². The molecular formula is C9H11BrN2O2S2. The van der Waals surface area contributed by atoms with Gasteiger partial charge in [0.1, 0.15) is 0 Å². The summed E-state index contributed by atoms with van der Waals surface area (Å²) < 4.78 is 26.6.